The fourth-order valence-electron chi connectivity index (χ4n) is 3.01. The van der Waals surface area contributed by atoms with E-state index in [0.29, 0.717) is 22.9 Å². The average Bonchev–Trinajstić information content (AvgIpc) is 2.98. The number of benzene rings is 1. The quantitative estimate of drug-likeness (QED) is 0.559. The molecule has 0 fully saturated rings. The van der Waals surface area contributed by atoms with Gasteiger partial charge in [0.15, 0.2) is 0 Å². The molecule has 3 aromatic rings. The summed E-state index contributed by atoms with van der Waals surface area (Å²) in [5, 5.41) is 0.873. The van der Waals surface area contributed by atoms with E-state index < -0.39 is 0 Å². The number of carbonyl (C=O) groups is 2. The van der Waals surface area contributed by atoms with E-state index >= 15 is 0 Å². The van der Waals surface area contributed by atoms with Crippen molar-refractivity contribution in [2.75, 3.05) is 7.11 Å². The zero-order chi connectivity index (χ0) is 18.8. The van der Waals surface area contributed by atoms with E-state index in [1.165, 1.54) is 7.11 Å². The van der Waals surface area contributed by atoms with Crippen molar-refractivity contribution in [3.8, 4) is 0 Å². The van der Waals surface area contributed by atoms with Crippen molar-refractivity contribution in [2.45, 2.75) is 33.1 Å². The van der Waals surface area contributed by atoms with Crippen molar-refractivity contribution in [3.05, 3.63) is 64.6 Å². The van der Waals surface area contributed by atoms with Crippen molar-refractivity contribution in [1.29, 1.82) is 0 Å². The number of hydrogen-bond acceptors (Lipinski definition) is 4. The van der Waals surface area contributed by atoms with Crippen LogP contribution in [0.4, 0.5) is 0 Å². The largest absolute Gasteiger partial charge is 0.469 e. The molecule has 26 heavy (non-hydrogen) atoms. The van der Waals surface area contributed by atoms with Crippen LogP contribution in [0.3, 0.4) is 0 Å². The number of rotatable bonds is 5. The van der Waals surface area contributed by atoms with E-state index in [-0.39, 0.29) is 18.2 Å². The highest BCUT2D eigenvalue weighted by atomic mass is 16.5. The lowest BCUT2D eigenvalue weighted by molar-refractivity contribution is -0.139. The van der Waals surface area contributed by atoms with Crippen LogP contribution >= 0.6 is 0 Å². The van der Waals surface area contributed by atoms with Crippen molar-refractivity contribution in [1.82, 2.24) is 9.97 Å². The van der Waals surface area contributed by atoms with Gasteiger partial charge in [-0.3, -0.25) is 14.6 Å². The number of H-pyrrole nitrogens is 1. The maximum Gasteiger partial charge on any atom is 0.310 e. The molecule has 0 aliphatic rings. The third kappa shape index (κ3) is 3.38. The predicted octanol–water partition coefficient (Wildman–Crippen LogP) is 3.94. The molecule has 0 bridgehead atoms. The summed E-state index contributed by atoms with van der Waals surface area (Å²) in [7, 11) is 1.35. The predicted molar refractivity (Wildman–Crippen MR) is 101 cm³/mol. The molecule has 2 heterocycles. The minimum absolute atomic E-state index is 0.0327. The average molecular weight is 350 g/mol. The first-order valence-electron chi connectivity index (χ1n) is 8.59. The highest BCUT2D eigenvalue weighted by Crippen LogP contribution is 2.28. The van der Waals surface area contributed by atoms with Crippen molar-refractivity contribution in [2.24, 2.45) is 0 Å². The molecule has 134 valence electrons. The SMILES string of the molecule is COC(=O)Cc1c(C(=O)c2cc(C)ccn2)[nH]c2ccc(C(C)C)cc12. The molecule has 5 nitrogen and oxygen atoms in total. The Kier molecular flexibility index (Phi) is 4.89. The summed E-state index contributed by atoms with van der Waals surface area (Å²) in [6.45, 7) is 6.13. The minimum atomic E-state index is -0.382. The van der Waals surface area contributed by atoms with Gasteiger partial charge in [-0.15, -0.1) is 0 Å². The normalized spacial score (nSPS) is 11.1. The van der Waals surface area contributed by atoms with Gasteiger partial charge in [-0.1, -0.05) is 19.9 Å². The summed E-state index contributed by atoms with van der Waals surface area (Å²) in [6.07, 6.45) is 1.65. The van der Waals surface area contributed by atoms with Crippen molar-refractivity contribution < 1.29 is 14.3 Å². The maximum absolute atomic E-state index is 13.0. The number of aryl methyl sites for hydroxylation is 1. The molecule has 0 aliphatic heterocycles. The third-order valence-corrected chi connectivity index (χ3v) is 4.52. The van der Waals surface area contributed by atoms with Gasteiger partial charge in [0.1, 0.15) is 5.69 Å². The lowest BCUT2D eigenvalue weighted by Crippen LogP contribution is -2.11. The van der Waals surface area contributed by atoms with Gasteiger partial charge in [0.2, 0.25) is 5.78 Å². The van der Waals surface area contributed by atoms with Gasteiger partial charge in [-0.05, 0) is 48.2 Å². The van der Waals surface area contributed by atoms with Crippen LogP contribution < -0.4 is 0 Å². The molecule has 2 aromatic heterocycles. The van der Waals surface area contributed by atoms with Crippen LogP contribution in [0.15, 0.2) is 36.5 Å². The molecule has 3 rings (SSSR count). The fraction of sp³-hybridized carbons (Fsp3) is 0.286. The molecule has 5 heteroatoms. The molecule has 1 N–H and O–H groups in total. The van der Waals surface area contributed by atoms with Crippen LogP contribution in [0.5, 0.6) is 0 Å². The van der Waals surface area contributed by atoms with E-state index in [1.54, 1.807) is 12.3 Å². The number of ether oxygens (including phenoxy) is 1. The summed E-state index contributed by atoms with van der Waals surface area (Å²) in [6, 6.07) is 9.60. The summed E-state index contributed by atoms with van der Waals surface area (Å²) >= 11 is 0. The van der Waals surface area contributed by atoms with Crippen LogP contribution in [0.1, 0.15) is 52.6 Å². The Bertz CT molecular complexity index is 986. The van der Waals surface area contributed by atoms with E-state index in [9.17, 15) is 9.59 Å². The van der Waals surface area contributed by atoms with Crippen LogP contribution in [0.25, 0.3) is 10.9 Å². The van der Waals surface area contributed by atoms with Gasteiger partial charge < -0.3 is 9.72 Å². The van der Waals surface area contributed by atoms with Crippen LogP contribution in [-0.2, 0) is 16.0 Å². The number of nitrogens with zero attached hydrogens (tertiary/aromatic N) is 1. The number of nitrogens with one attached hydrogen (secondary N) is 1. The van der Waals surface area contributed by atoms with E-state index in [4.69, 9.17) is 4.74 Å². The Labute approximate surface area is 152 Å². The minimum Gasteiger partial charge on any atom is -0.469 e. The molecule has 1 aromatic carbocycles. The fourth-order valence-corrected chi connectivity index (χ4v) is 3.01. The van der Waals surface area contributed by atoms with Crippen LogP contribution in [0.2, 0.25) is 0 Å². The second kappa shape index (κ2) is 7.12. The standard InChI is InChI=1S/C21H22N2O3/c1-12(2)14-5-6-17-15(10-14)16(11-19(24)26-4)20(23-17)21(25)18-9-13(3)7-8-22-18/h5-10,12,23H,11H2,1-4H3. The summed E-state index contributed by atoms with van der Waals surface area (Å²) in [4.78, 5) is 32.3. The molecular formula is C21H22N2O3. The Hall–Kier alpha value is -2.95. The summed E-state index contributed by atoms with van der Waals surface area (Å²) in [5.74, 6) is -0.264. The molecule has 0 spiro atoms. The number of aromatic nitrogens is 2. The number of aromatic amines is 1. The molecule has 0 saturated carbocycles. The Morgan fingerprint density at radius 2 is 1.96 bits per heavy atom. The molecule has 0 unspecified atom stereocenters. The first-order valence-corrected chi connectivity index (χ1v) is 8.59. The van der Waals surface area contributed by atoms with Gasteiger partial charge in [0.05, 0.1) is 19.2 Å². The molecule has 0 saturated heterocycles. The molecular weight excluding hydrogens is 328 g/mol. The highest BCUT2D eigenvalue weighted by molar-refractivity contribution is 6.11. The molecule has 0 aliphatic carbocycles. The highest BCUT2D eigenvalue weighted by Gasteiger charge is 2.22. The maximum atomic E-state index is 13.0. The van der Waals surface area contributed by atoms with Crippen molar-refractivity contribution in [3.63, 3.8) is 0 Å². The van der Waals surface area contributed by atoms with Gasteiger partial charge in [-0.25, -0.2) is 0 Å². The zero-order valence-corrected chi connectivity index (χ0v) is 15.4. The number of esters is 1. The summed E-state index contributed by atoms with van der Waals surface area (Å²) < 4.78 is 4.83. The first kappa shape index (κ1) is 17.9. The van der Waals surface area contributed by atoms with Crippen LogP contribution in [-0.4, -0.2) is 28.8 Å². The number of pyridine rings is 1. The second-order valence-corrected chi connectivity index (χ2v) is 6.74. The second-order valence-electron chi connectivity index (χ2n) is 6.74. The van der Waals surface area contributed by atoms with Gasteiger partial charge in [0, 0.05) is 22.7 Å². The van der Waals surface area contributed by atoms with E-state index in [2.05, 4.69) is 23.8 Å². The number of carbonyl (C=O) groups excluding carboxylic acids is 2. The van der Waals surface area contributed by atoms with Gasteiger partial charge in [-0.2, -0.15) is 0 Å². The van der Waals surface area contributed by atoms with Crippen LogP contribution in [0, 0.1) is 6.92 Å². The topological polar surface area (TPSA) is 72.1 Å². The smallest absolute Gasteiger partial charge is 0.310 e. The van der Waals surface area contributed by atoms with Crippen molar-refractivity contribution >= 4 is 22.7 Å². The number of ketones is 1. The third-order valence-electron chi connectivity index (χ3n) is 4.52. The van der Waals surface area contributed by atoms with E-state index in [1.807, 2.05) is 31.2 Å². The number of hydrogen-bond donors (Lipinski definition) is 1. The van der Waals surface area contributed by atoms with Gasteiger partial charge >= 0.3 is 5.97 Å². The molecule has 0 atom stereocenters. The molecule has 0 radical (unpaired) electrons. The lowest BCUT2D eigenvalue weighted by Gasteiger charge is -2.06. The lowest BCUT2D eigenvalue weighted by atomic mass is 9.98. The summed E-state index contributed by atoms with van der Waals surface area (Å²) in [5.41, 5.74) is 4.33. The first-order chi connectivity index (χ1) is 12.4. The van der Waals surface area contributed by atoms with Gasteiger partial charge in [0.25, 0.3) is 0 Å². The zero-order valence-electron chi connectivity index (χ0n) is 15.4. The number of fused-ring (bicyclic) bond motifs is 1. The number of methoxy groups -OCH3 is 1. The molecule has 0 amide bonds. The Balaban J connectivity index is 2.18. The van der Waals surface area contributed by atoms with E-state index in [0.717, 1.165) is 22.0 Å². The monoisotopic (exact) mass is 350 g/mol. The Morgan fingerprint density at radius 3 is 2.62 bits per heavy atom. The Morgan fingerprint density at radius 1 is 1.19 bits per heavy atom.